The fourth-order valence-electron chi connectivity index (χ4n) is 2.96. The third kappa shape index (κ3) is 1.77. The Bertz CT molecular complexity index is 931. The van der Waals surface area contributed by atoms with E-state index in [1.165, 1.54) is 6.07 Å². The van der Waals surface area contributed by atoms with Crippen LogP contribution < -0.4 is 0 Å². The van der Waals surface area contributed by atoms with Gasteiger partial charge in [0.2, 0.25) is 0 Å². The summed E-state index contributed by atoms with van der Waals surface area (Å²) in [5.74, 6) is -0.680. The number of carbonyl (C=O) groups excluding carboxylic acids is 1. The number of rotatable bonds is 1. The van der Waals surface area contributed by atoms with Crippen LogP contribution in [0.3, 0.4) is 0 Å². The van der Waals surface area contributed by atoms with Gasteiger partial charge in [0.1, 0.15) is 18.2 Å². The maximum absolute atomic E-state index is 14.3. The molecule has 0 saturated heterocycles. The SMILES string of the molecule is O=C1OCc2c1cc1cc(O)ccc1c2-c1ccccc1F. The number of phenolic OH excluding ortho intramolecular Hbond substituents is 1. The molecule has 0 amide bonds. The number of carbonyl (C=O) groups is 1. The molecule has 0 aromatic heterocycles. The Morgan fingerprint density at radius 1 is 1.05 bits per heavy atom. The molecule has 3 aromatic rings. The highest BCUT2D eigenvalue weighted by atomic mass is 19.1. The van der Waals surface area contributed by atoms with Crippen molar-refractivity contribution in [3.63, 3.8) is 0 Å². The first-order valence-electron chi connectivity index (χ1n) is 6.86. The van der Waals surface area contributed by atoms with Gasteiger partial charge >= 0.3 is 5.97 Å². The van der Waals surface area contributed by atoms with E-state index >= 15 is 0 Å². The molecule has 0 unspecified atom stereocenters. The Labute approximate surface area is 125 Å². The van der Waals surface area contributed by atoms with Crippen LogP contribution in [-0.4, -0.2) is 11.1 Å². The monoisotopic (exact) mass is 294 g/mol. The van der Waals surface area contributed by atoms with Crippen molar-refractivity contribution in [1.82, 2.24) is 0 Å². The van der Waals surface area contributed by atoms with Crippen LogP contribution >= 0.6 is 0 Å². The maximum Gasteiger partial charge on any atom is 0.338 e. The molecule has 0 fully saturated rings. The van der Waals surface area contributed by atoms with Gasteiger partial charge in [-0.2, -0.15) is 0 Å². The lowest BCUT2D eigenvalue weighted by molar-refractivity contribution is 0.0535. The minimum absolute atomic E-state index is 0.0956. The Hall–Kier alpha value is -2.88. The summed E-state index contributed by atoms with van der Waals surface area (Å²) in [5, 5.41) is 11.1. The first kappa shape index (κ1) is 12.8. The van der Waals surface area contributed by atoms with Crippen LogP contribution in [0, 0.1) is 5.82 Å². The fourth-order valence-corrected chi connectivity index (χ4v) is 2.96. The van der Waals surface area contributed by atoms with E-state index in [9.17, 15) is 14.3 Å². The first-order valence-corrected chi connectivity index (χ1v) is 6.86. The standard InChI is InChI=1S/C18H11FO3/c19-16-4-2-1-3-13(16)17-12-6-5-11(20)7-10(12)8-14-15(17)9-22-18(14)21/h1-8,20H,9H2. The zero-order chi connectivity index (χ0) is 15.3. The van der Waals surface area contributed by atoms with Crippen molar-refractivity contribution < 1.29 is 19.0 Å². The molecule has 0 radical (unpaired) electrons. The predicted molar refractivity (Wildman–Crippen MR) is 80.1 cm³/mol. The van der Waals surface area contributed by atoms with E-state index in [1.807, 2.05) is 0 Å². The maximum atomic E-state index is 14.3. The second-order valence-electron chi connectivity index (χ2n) is 5.24. The van der Waals surface area contributed by atoms with Crippen molar-refractivity contribution in [2.75, 3.05) is 0 Å². The molecule has 4 rings (SSSR count). The van der Waals surface area contributed by atoms with Crippen molar-refractivity contribution in [3.8, 4) is 16.9 Å². The van der Waals surface area contributed by atoms with Gasteiger partial charge < -0.3 is 9.84 Å². The molecular formula is C18H11FO3. The molecule has 22 heavy (non-hydrogen) atoms. The van der Waals surface area contributed by atoms with Crippen molar-refractivity contribution in [1.29, 1.82) is 0 Å². The van der Waals surface area contributed by atoms with Gasteiger partial charge in [-0.1, -0.05) is 24.3 Å². The average molecular weight is 294 g/mol. The number of hydrogen-bond donors (Lipinski definition) is 1. The van der Waals surface area contributed by atoms with Crippen LogP contribution in [0.1, 0.15) is 15.9 Å². The van der Waals surface area contributed by atoms with Crippen LogP contribution in [0.15, 0.2) is 48.5 Å². The summed E-state index contributed by atoms with van der Waals surface area (Å²) in [4.78, 5) is 11.9. The van der Waals surface area contributed by atoms with Crippen molar-refractivity contribution in [2.45, 2.75) is 6.61 Å². The lowest BCUT2D eigenvalue weighted by atomic mass is 9.90. The second kappa shape index (κ2) is 4.56. The minimum atomic E-state index is -0.419. The number of cyclic esters (lactones) is 1. The van der Waals surface area contributed by atoms with Gasteiger partial charge in [0, 0.05) is 11.1 Å². The summed E-state index contributed by atoms with van der Waals surface area (Å²) in [6, 6.07) is 13.0. The molecule has 1 aliphatic heterocycles. The van der Waals surface area contributed by atoms with Gasteiger partial charge in [0.25, 0.3) is 0 Å². The molecule has 1 aliphatic rings. The lowest BCUT2D eigenvalue weighted by Crippen LogP contribution is -1.96. The van der Waals surface area contributed by atoms with E-state index in [4.69, 9.17) is 4.74 Å². The van der Waals surface area contributed by atoms with Crippen LogP contribution in [-0.2, 0) is 11.3 Å². The summed E-state index contributed by atoms with van der Waals surface area (Å²) >= 11 is 0. The molecule has 0 aliphatic carbocycles. The summed E-state index contributed by atoms with van der Waals surface area (Å²) in [6.07, 6.45) is 0. The molecule has 3 aromatic carbocycles. The molecule has 4 heteroatoms. The average Bonchev–Trinajstić information content (AvgIpc) is 2.87. The Morgan fingerprint density at radius 3 is 2.68 bits per heavy atom. The van der Waals surface area contributed by atoms with Gasteiger partial charge in [-0.15, -0.1) is 0 Å². The molecule has 0 atom stereocenters. The molecule has 0 spiro atoms. The van der Waals surface area contributed by atoms with Crippen LogP contribution in [0.4, 0.5) is 4.39 Å². The molecule has 108 valence electrons. The van der Waals surface area contributed by atoms with E-state index in [0.717, 1.165) is 5.39 Å². The minimum Gasteiger partial charge on any atom is -0.508 e. The van der Waals surface area contributed by atoms with Crippen LogP contribution in [0.25, 0.3) is 21.9 Å². The molecular weight excluding hydrogens is 283 g/mol. The zero-order valence-electron chi connectivity index (χ0n) is 11.5. The number of halogens is 1. The smallest absolute Gasteiger partial charge is 0.338 e. The molecule has 1 heterocycles. The number of aromatic hydroxyl groups is 1. The molecule has 1 N–H and O–H groups in total. The van der Waals surface area contributed by atoms with Gasteiger partial charge in [0.15, 0.2) is 0 Å². The summed E-state index contributed by atoms with van der Waals surface area (Å²) in [6.45, 7) is 0.134. The van der Waals surface area contributed by atoms with E-state index in [2.05, 4.69) is 0 Å². The Kier molecular flexibility index (Phi) is 2.66. The molecule has 3 nitrogen and oxygen atoms in total. The molecule has 0 bridgehead atoms. The number of esters is 1. The molecule has 0 saturated carbocycles. The summed E-state index contributed by atoms with van der Waals surface area (Å²) in [5.41, 5.74) is 2.19. The number of phenols is 1. The number of hydrogen-bond acceptors (Lipinski definition) is 3. The highest BCUT2D eigenvalue weighted by Gasteiger charge is 2.27. The quantitative estimate of drug-likeness (QED) is 0.689. The summed E-state index contributed by atoms with van der Waals surface area (Å²) in [7, 11) is 0. The highest BCUT2D eigenvalue weighted by Crippen LogP contribution is 2.39. The third-order valence-corrected chi connectivity index (χ3v) is 3.94. The second-order valence-corrected chi connectivity index (χ2v) is 5.24. The Balaban J connectivity index is 2.17. The van der Waals surface area contributed by atoms with Gasteiger partial charge in [-0.25, -0.2) is 9.18 Å². The normalized spacial score (nSPS) is 13.2. The van der Waals surface area contributed by atoms with Gasteiger partial charge in [0.05, 0.1) is 5.56 Å². The first-order chi connectivity index (χ1) is 10.6. The third-order valence-electron chi connectivity index (χ3n) is 3.94. The number of fused-ring (bicyclic) bond motifs is 2. The van der Waals surface area contributed by atoms with Crippen molar-refractivity contribution in [3.05, 3.63) is 65.5 Å². The predicted octanol–water partition coefficient (Wildman–Crippen LogP) is 4.02. The van der Waals surface area contributed by atoms with Gasteiger partial charge in [-0.3, -0.25) is 0 Å². The van der Waals surface area contributed by atoms with Gasteiger partial charge in [-0.05, 0) is 40.6 Å². The van der Waals surface area contributed by atoms with Crippen molar-refractivity contribution >= 4 is 16.7 Å². The van der Waals surface area contributed by atoms with E-state index in [0.29, 0.717) is 27.6 Å². The van der Waals surface area contributed by atoms with E-state index < -0.39 is 5.97 Å². The topological polar surface area (TPSA) is 46.5 Å². The van der Waals surface area contributed by atoms with Crippen LogP contribution in [0.5, 0.6) is 5.75 Å². The largest absolute Gasteiger partial charge is 0.508 e. The fraction of sp³-hybridized carbons (Fsp3) is 0.0556. The van der Waals surface area contributed by atoms with Crippen molar-refractivity contribution in [2.24, 2.45) is 0 Å². The number of benzene rings is 3. The van der Waals surface area contributed by atoms with Crippen LogP contribution in [0.2, 0.25) is 0 Å². The summed E-state index contributed by atoms with van der Waals surface area (Å²) < 4.78 is 19.4. The lowest BCUT2D eigenvalue weighted by Gasteiger charge is -2.12. The van der Waals surface area contributed by atoms with E-state index in [-0.39, 0.29) is 18.2 Å². The zero-order valence-corrected chi connectivity index (χ0v) is 11.5. The highest BCUT2D eigenvalue weighted by molar-refractivity contribution is 6.07. The number of ether oxygens (including phenoxy) is 1. The van der Waals surface area contributed by atoms with E-state index in [1.54, 1.807) is 42.5 Å². The Morgan fingerprint density at radius 2 is 1.86 bits per heavy atom.